The average Bonchev–Trinajstić information content (AvgIpc) is 2.67. The van der Waals surface area contributed by atoms with E-state index < -0.39 is 29.3 Å². The lowest BCUT2D eigenvalue weighted by molar-refractivity contribution is -0.137. The summed E-state index contributed by atoms with van der Waals surface area (Å²) in [6.07, 6.45) is -3.72. The van der Waals surface area contributed by atoms with Crippen LogP contribution in [0.4, 0.5) is 17.6 Å². The number of carbonyl (C=O) groups excluding carboxylic acids is 1. The largest absolute Gasteiger partial charge is 0.416 e. The summed E-state index contributed by atoms with van der Waals surface area (Å²) in [4.78, 5) is 15.2. The fourth-order valence-corrected chi connectivity index (χ4v) is 4.39. The van der Waals surface area contributed by atoms with Gasteiger partial charge in [0.25, 0.3) is 0 Å². The maximum absolute atomic E-state index is 13.7. The predicted molar refractivity (Wildman–Crippen MR) is 98.8 cm³/mol. The maximum Gasteiger partial charge on any atom is 0.416 e. The molecule has 2 aromatic rings. The number of hydrogen-bond donors (Lipinski definition) is 0. The minimum absolute atomic E-state index is 0.00676. The number of ketones is 1. The molecule has 29 heavy (non-hydrogen) atoms. The summed E-state index contributed by atoms with van der Waals surface area (Å²) < 4.78 is 58.4. The summed E-state index contributed by atoms with van der Waals surface area (Å²) in [5.74, 6) is -1.91. The smallest absolute Gasteiger partial charge is 0.378 e. The molecule has 2 aliphatic rings. The van der Waals surface area contributed by atoms with Crippen LogP contribution in [0.1, 0.15) is 34.3 Å². The fraction of sp³-hybridized carbons (Fsp3) is 0.409. The van der Waals surface area contributed by atoms with Crippen LogP contribution in [0.15, 0.2) is 48.5 Å². The van der Waals surface area contributed by atoms with Gasteiger partial charge in [0.1, 0.15) is 5.82 Å². The van der Waals surface area contributed by atoms with E-state index in [0.717, 1.165) is 24.2 Å². The van der Waals surface area contributed by atoms with Gasteiger partial charge in [-0.15, -0.1) is 0 Å². The maximum atomic E-state index is 13.7. The van der Waals surface area contributed by atoms with E-state index in [2.05, 4.69) is 4.90 Å². The topological polar surface area (TPSA) is 29.5 Å². The van der Waals surface area contributed by atoms with Gasteiger partial charge in [0.2, 0.25) is 0 Å². The third-order valence-electron chi connectivity index (χ3n) is 5.76. The van der Waals surface area contributed by atoms with E-state index in [1.807, 2.05) is 30.3 Å². The zero-order chi connectivity index (χ0) is 20.6. The van der Waals surface area contributed by atoms with Crippen molar-refractivity contribution in [3.8, 4) is 0 Å². The van der Waals surface area contributed by atoms with Crippen LogP contribution in [0.5, 0.6) is 0 Å². The van der Waals surface area contributed by atoms with Gasteiger partial charge in [0.05, 0.1) is 18.8 Å². The second-order valence-corrected chi connectivity index (χ2v) is 7.76. The Kier molecular flexibility index (Phi) is 5.44. The zero-order valence-corrected chi connectivity index (χ0v) is 15.7. The van der Waals surface area contributed by atoms with Crippen molar-refractivity contribution in [2.75, 3.05) is 13.2 Å². The van der Waals surface area contributed by atoms with E-state index in [1.54, 1.807) is 0 Å². The van der Waals surface area contributed by atoms with Crippen LogP contribution < -0.4 is 0 Å². The highest BCUT2D eigenvalue weighted by Gasteiger charge is 2.42. The van der Waals surface area contributed by atoms with Gasteiger partial charge in [-0.3, -0.25) is 9.69 Å². The standard InChI is InChI=1S/C22H21F4NO2/c23-18-7-15(6-17(10-18)22(24,25)26)21(28)16-8-19-12-29-13-20(9-16)27(19)11-14-4-2-1-3-5-14/h1-7,10,16,19-20H,8-9,11-13H2. The molecule has 2 heterocycles. The normalized spacial score (nSPS) is 25.0. The Morgan fingerprint density at radius 2 is 1.69 bits per heavy atom. The Labute approximate surface area is 166 Å². The average molecular weight is 407 g/mol. The first-order valence-corrected chi connectivity index (χ1v) is 9.60. The number of rotatable bonds is 4. The minimum atomic E-state index is -4.69. The number of benzene rings is 2. The molecule has 2 aliphatic heterocycles. The number of carbonyl (C=O) groups is 1. The lowest BCUT2D eigenvalue weighted by Crippen LogP contribution is -2.57. The monoisotopic (exact) mass is 407 g/mol. The van der Waals surface area contributed by atoms with Gasteiger partial charge < -0.3 is 4.74 Å². The van der Waals surface area contributed by atoms with Crippen molar-refractivity contribution in [2.45, 2.75) is 37.6 Å². The Morgan fingerprint density at radius 1 is 1.03 bits per heavy atom. The molecular weight excluding hydrogens is 386 g/mol. The second-order valence-electron chi connectivity index (χ2n) is 7.76. The van der Waals surface area contributed by atoms with Crippen LogP contribution >= 0.6 is 0 Å². The molecule has 0 radical (unpaired) electrons. The molecule has 0 spiro atoms. The van der Waals surface area contributed by atoms with Crippen molar-refractivity contribution in [1.29, 1.82) is 0 Å². The van der Waals surface area contributed by atoms with Gasteiger partial charge in [-0.25, -0.2) is 4.39 Å². The Bertz CT molecular complexity index is 870. The third-order valence-corrected chi connectivity index (χ3v) is 5.76. The second kappa shape index (κ2) is 7.88. The van der Waals surface area contributed by atoms with E-state index in [1.165, 1.54) is 0 Å². The van der Waals surface area contributed by atoms with Crippen molar-refractivity contribution in [3.63, 3.8) is 0 Å². The fourth-order valence-electron chi connectivity index (χ4n) is 4.39. The number of morpholine rings is 1. The molecule has 0 aliphatic carbocycles. The highest BCUT2D eigenvalue weighted by Crippen LogP contribution is 2.36. The molecule has 0 saturated carbocycles. The number of fused-ring (bicyclic) bond motifs is 2. The van der Waals surface area contributed by atoms with Gasteiger partial charge in [-0.2, -0.15) is 13.2 Å². The van der Waals surface area contributed by atoms with Crippen LogP contribution in [0.25, 0.3) is 0 Å². The molecule has 4 rings (SSSR count). The number of alkyl halides is 3. The Balaban J connectivity index is 1.53. The molecular formula is C22H21F4NO2. The molecule has 7 heteroatoms. The summed E-state index contributed by atoms with van der Waals surface area (Å²) in [5.41, 5.74) is -0.183. The summed E-state index contributed by atoms with van der Waals surface area (Å²) >= 11 is 0. The lowest BCUT2D eigenvalue weighted by atomic mass is 9.80. The van der Waals surface area contributed by atoms with Gasteiger partial charge in [-0.05, 0) is 36.6 Å². The molecule has 2 fully saturated rings. The van der Waals surface area contributed by atoms with E-state index in [4.69, 9.17) is 4.74 Å². The first-order valence-electron chi connectivity index (χ1n) is 9.60. The van der Waals surface area contributed by atoms with E-state index in [-0.39, 0.29) is 17.6 Å². The molecule has 3 nitrogen and oxygen atoms in total. The number of piperidine rings is 1. The molecule has 0 amide bonds. The summed E-state index contributed by atoms with van der Waals surface area (Å²) in [7, 11) is 0. The summed E-state index contributed by atoms with van der Waals surface area (Å²) in [5, 5.41) is 0. The van der Waals surface area contributed by atoms with Crippen LogP contribution in [0.2, 0.25) is 0 Å². The molecule has 2 bridgehead atoms. The van der Waals surface area contributed by atoms with Crippen molar-refractivity contribution in [2.24, 2.45) is 5.92 Å². The van der Waals surface area contributed by atoms with E-state index in [9.17, 15) is 22.4 Å². The van der Waals surface area contributed by atoms with Crippen LogP contribution in [-0.2, 0) is 17.5 Å². The van der Waals surface area contributed by atoms with Crippen molar-refractivity contribution >= 4 is 5.78 Å². The first kappa shape index (κ1) is 20.0. The van der Waals surface area contributed by atoms with Crippen LogP contribution in [-0.4, -0.2) is 36.0 Å². The van der Waals surface area contributed by atoms with Gasteiger partial charge in [-0.1, -0.05) is 30.3 Å². The number of nitrogens with zero attached hydrogens (tertiary/aromatic N) is 1. The highest BCUT2D eigenvalue weighted by molar-refractivity contribution is 5.98. The SMILES string of the molecule is O=C(c1cc(F)cc(C(F)(F)F)c1)C1CC2COCC(C1)N2Cc1ccccc1. The number of ether oxygens (including phenoxy) is 1. The Hall–Kier alpha value is -2.25. The first-order chi connectivity index (χ1) is 13.8. The number of Topliss-reactive ketones (excluding diaryl/α,β-unsaturated/α-hetero) is 1. The predicted octanol–water partition coefficient (Wildman–Crippen LogP) is 4.71. The van der Waals surface area contributed by atoms with Crippen LogP contribution in [0, 0.1) is 11.7 Å². The molecule has 2 unspecified atom stereocenters. The molecule has 0 N–H and O–H groups in total. The van der Waals surface area contributed by atoms with Gasteiger partial charge in [0, 0.05) is 30.1 Å². The quantitative estimate of drug-likeness (QED) is 0.543. The molecule has 2 aromatic carbocycles. The third kappa shape index (κ3) is 4.36. The van der Waals surface area contributed by atoms with E-state index in [0.29, 0.717) is 32.1 Å². The van der Waals surface area contributed by atoms with E-state index >= 15 is 0 Å². The number of halogens is 4. The summed E-state index contributed by atoms with van der Waals surface area (Å²) in [6, 6.07) is 12.1. The van der Waals surface area contributed by atoms with Crippen molar-refractivity contribution in [3.05, 3.63) is 71.0 Å². The van der Waals surface area contributed by atoms with Gasteiger partial charge >= 0.3 is 6.18 Å². The molecule has 0 aromatic heterocycles. The molecule has 2 saturated heterocycles. The van der Waals surface area contributed by atoms with Crippen molar-refractivity contribution < 1.29 is 27.1 Å². The highest BCUT2D eigenvalue weighted by atomic mass is 19.4. The lowest BCUT2D eigenvalue weighted by Gasteiger charge is -2.48. The molecule has 2 atom stereocenters. The summed E-state index contributed by atoms with van der Waals surface area (Å²) in [6.45, 7) is 1.69. The minimum Gasteiger partial charge on any atom is -0.378 e. The molecule has 154 valence electrons. The van der Waals surface area contributed by atoms with Crippen molar-refractivity contribution in [1.82, 2.24) is 4.90 Å². The van der Waals surface area contributed by atoms with Gasteiger partial charge in [0.15, 0.2) is 5.78 Å². The number of hydrogen-bond acceptors (Lipinski definition) is 3. The van der Waals surface area contributed by atoms with Crippen LogP contribution in [0.3, 0.4) is 0 Å². The zero-order valence-electron chi connectivity index (χ0n) is 15.7. The Morgan fingerprint density at radius 3 is 2.31 bits per heavy atom.